The molecule has 22 heavy (non-hydrogen) atoms. The van der Waals surface area contributed by atoms with E-state index in [0.717, 1.165) is 5.56 Å². The van der Waals surface area contributed by atoms with Crippen molar-refractivity contribution in [3.05, 3.63) is 23.8 Å². The quantitative estimate of drug-likeness (QED) is 0.896. The van der Waals surface area contributed by atoms with Crippen LogP contribution in [0, 0.1) is 12.8 Å². The van der Waals surface area contributed by atoms with Crippen LogP contribution in [0.3, 0.4) is 0 Å². The molecule has 0 unspecified atom stereocenters. The number of benzene rings is 1. The molecule has 1 saturated heterocycles. The lowest BCUT2D eigenvalue weighted by molar-refractivity contribution is -0.146. The summed E-state index contributed by atoms with van der Waals surface area (Å²) in [6.07, 6.45) is 1.32. The van der Waals surface area contributed by atoms with Gasteiger partial charge in [-0.3, -0.25) is 9.59 Å². The number of rotatable bonds is 5. The van der Waals surface area contributed by atoms with Crippen LogP contribution in [0.2, 0.25) is 0 Å². The van der Waals surface area contributed by atoms with E-state index >= 15 is 0 Å². The Morgan fingerprint density at radius 3 is 2.82 bits per heavy atom. The molecular formula is C16H21NO5. The molecule has 1 aromatic rings. The number of aliphatic carboxylic acids is 1. The van der Waals surface area contributed by atoms with Crippen LogP contribution in [0.4, 0.5) is 0 Å². The number of aryl methyl sites for hydroxylation is 1. The summed E-state index contributed by atoms with van der Waals surface area (Å²) in [5.41, 5.74) is 1.04. The Morgan fingerprint density at radius 2 is 2.14 bits per heavy atom. The molecule has 1 aliphatic rings. The third-order valence-electron chi connectivity index (χ3n) is 3.79. The average molecular weight is 307 g/mol. The molecule has 0 aromatic heterocycles. The molecule has 0 bridgehead atoms. The maximum absolute atomic E-state index is 12.2. The maximum atomic E-state index is 12.2. The predicted molar refractivity (Wildman–Crippen MR) is 80.2 cm³/mol. The molecule has 6 nitrogen and oxygen atoms in total. The van der Waals surface area contributed by atoms with Crippen LogP contribution >= 0.6 is 0 Å². The summed E-state index contributed by atoms with van der Waals surface area (Å²) in [6.45, 7) is 2.66. The molecule has 0 spiro atoms. The van der Waals surface area contributed by atoms with Gasteiger partial charge in [-0.1, -0.05) is 6.07 Å². The summed E-state index contributed by atoms with van der Waals surface area (Å²) in [7, 11) is 1.55. The van der Waals surface area contributed by atoms with Gasteiger partial charge in [-0.05, 0) is 37.5 Å². The fraction of sp³-hybridized carbons (Fsp3) is 0.500. The lowest BCUT2D eigenvalue weighted by Crippen LogP contribution is -2.44. The van der Waals surface area contributed by atoms with Crippen molar-refractivity contribution in [3.63, 3.8) is 0 Å². The Balaban J connectivity index is 1.94. The Hall–Kier alpha value is -2.24. The molecule has 120 valence electrons. The van der Waals surface area contributed by atoms with Crippen LogP contribution in [0.25, 0.3) is 0 Å². The SMILES string of the molecule is COc1cc(C)ccc1OCC(=O)N1CCC[C@@H](C(=O)O)C1. The van der Waals surface area contributed by atoms with E-state index in [0.29, 0.717) is 30.9 Å². The van der Waals surface area contributed by atoms with Gasteiger partial charge in [0.25, 0.3) is 5.91 Å². The molecule has 1 heterocycles. The molecule has 1 N–H and O–H groups in total. The van der Waals surface area contributed by atoms with Crippen molar-refractivity contribution in [1.29, 1.82) is 0 Å². The Bertz CT molecular complexity index is 557. The standard InChI is InChI=1S/C16H21NO5/c1-11-5-6-13(14(8-11)21-2)22-10-15(18)17-7-3-4-12(9-17)16(19)20/h5-6,8,12H,3-4,7,9-10H2,1-2H3,(H,19,20)/t12-/m1/s1. The highest BCUT2D eigenvalue weighted by Gasteiger charge is 2.28. The summed E-state index contributed by atoms with van der Waals surface area (Å²) in [6, 6.07) is 5.47. The fourth-order valence-corrected chi connectivity index (χ4v) is 2.53. The second-order valence-electron chi connectivity index (χ2n) is 5.46. The normalized spacial score (nSPS) is 17.9. The highest BCUT2D eigenvalue weighted by atomic mass is 16.5. The Kier molecular flexibility index (Phi) is 5.25. The van der Waals surface area contributed by atoms with Crippen LogP contribution in [0.5, 0.6) is 11.5 Å². The summed E-state index contributed by atoms with van der Waals surface area (Å²) >= 11 is 0. The maximum Gasteiger partial charge on any atom is 0.308 e. The molecule has 6 heteroatoms. The summed E-state index contributed by atoms with van der Waals surface area (Å²) in [5, 5.41) is 9.05. The first-order chi connectivity index (χ1) is 10.5. The van der Waals surface area contributed by atoms with Gasteiger partial charge in [0.2, 0.25) is 0 Å². The van der Waals surface area contributed by atoms with Crippen molar-refractivity contribution in [2.75, 3.05) is 26.8 Å². The Labute approximate surface area is 129 Å². The monoisotopic (exact) mass is 307 g/mol. The minimum atomic E-state index is -0.848. The molecule has 0 aliphatic carbocycles. The highest BCUT2D eigenvalue weighted by Crippen LogP contribution is 2.27. The van der Waals surface area contributed by atoms with Gasteiger partial charge in [0.1, 0.15) is 0 Å². The fourth-order valence-electron chi connectivity index (χ4n) is 2.53. The van der Waals surface area contributed by atoms with Gasteiger partial charge >= 0.3 is 5.97 Å². The number of likely N-dealkylation sites (tertiary alicyclic amines) is 1. The number of hydrogen-bond acceptors (Lipinski definition) is 4. The van der Waals surface area contributed by atoms with E-state index in [1.807, 2.05) is 19.1 Å². The number of carbonyl (C=O) groups excluding carboxylic acids is 1. The van der Waals surface area contributed by atoms with Gasteiger partial charge in [0.05, 0.1) is 13.0 Å². The number of piperidine rings is 1. The molecule has 1 aromatic carbocycles. The van der Waals surface area contributed by atoms with Crippen LogP contribution in [0.1, 0.15) is 18.4 Å². The number of methoxy groups -OCH3 is 1. The molecule has 2 rings (SSSR count). The summed E-state index contributed by atoms with van der Waals surface area (Å²) in [5.74, 6) is -0.443. The van der Waals surface area contributed by atoms with Crippen LogP contribution in [-0.4, -0.2) is 48.7 Å². The minimum Gasteiger partial charge on any atom is -0.493 e. The zero-order valence-electron chi connectivity index (χ0n) is 12.9. The van der Waals surface area contributed by atoms with E-state index in [2.05, 4.69) is 0 Å². The largest absolute Gasteiger partial charge is 0.493 e. The van der Waals surface area contributed by atoms with Gasteiger partial charge in [-0.2, -0.15) is 0 Å². The first-order valence-corrected chi connectivity index (χ1v) is 7.29. The zero-order chi connectivity index (χ0) is 16.1. The summed E-state index contributed by atoms with van der Waals surface area (Å²) in [4.78, 5) is 24.8. The van der Waals surface area contributed by atoms with E-state index in [-0.39, 0.29) is 19.1 Å². The van der Waals surface area contributed by atoms with Crippen LogP contribution in [-0.2, 0) is 9.59 Å². The number of carbonyl (C=O) groups is 2. The van der Waals surface area contributed by atoms with E-state index in [9.17, 15) is 9.59 Å². The van der Waals surface area contributed by atoms with Gasteiger partial charge < -0.3 is 19.5 Å². The van der Waals surface area contributed by atoms with Crippen molar-refractivity contribution in [2.24, 2.45) is 5.92 Å². The van der Waals surface area contributed by atoms with Gasteiger partial charge in [0.15, 0.2) is 18.1 Å². The second kappa shape index (κ2) is 7.15. The third kappa shape index (κ3) is 3.90. The van der Waals surface area contributed by atoms with E-state index in [1.54, 1.807) is 18.1 Å². The minimum absolute atomic E-state index is 0.119. The molecular weight excluding hydrogens is 286 g/mol. The predicted octanol–water partition coefficient (Wildman–Crippen LogP) is 1.71. The van der Waals surface area contributed by atoms with Crippen molar-refractivity contribution in [2.45, 2.75) is 19.8 Å². The average Bonchev–Trinajstić information content (AvgIpc) is 2.53. The second-order valence-corrected chi connectivity index (χ2v) is 5.46. The highest BCUT2D eigenvalue weighted by molar-refractivity contribution is 5.79. The van der Waals surface area contributed by atoms with E-state index in [4.69, 9.17) is 14.6 Å². The number of nitrogens with zero attached hydrogens (tertiary/aromatic N) is 1. The number of hydrogen-bond donors (Lipinski definition) is 1. The molecule has 0 radical (unpaired) electrons. The first kappa shape index (κ1) is 16.1. The molecule has 1 fully saturated rings. The first-order valence-electron chi connectivity index (χ1n) is 7.29. The van der Waals surface area contributed by atoms with Gasteiger partial charge in [0, 0.05) is 13.1 Å². The van der Waals surface area contributed by atoms with Crippen LogP contribution in [0.15, 0.2) is 18.2 Å². The molecule has 0 saturated carbocycles. The molecule has 1 atom stereocenters. The number of ether oxygens (including phenoxy) is 2. The Morgan fingerprint density at radius 1 is 1.36 bits per heavy atom. The van der Waals surface area contributed by atoms with Crippen molar-refractivity contribution in [1.82, 2.24) is 4.90 Å². The molecule has 1 amide bonds. The zero-order valence-corrected chi connectivity index (χ0v) is 12.9. The van der Waals surface area contributed by atoms with Gasteiger partial charge in [-0.25, -0.2) is 0 Å². The summed E-state index contributed by atoms with van der Waals surface area (Å²) < 4.78 is 10.8. The third-order valence-corrected chi connectivity index (χ3v) is 3.79. The van der Waals surface area contributed by atoms with E-state index < -0.39 is 11.9 Å². The van der Waals surface area contributed by atoms with E-state index in [1.165, 1.54) is 0 Å². The lowest BCUT2D eigenvalue weighted by Gasteiger charge is -2.30. The molecule has 1 aliphatic heterocycles. The topological polar surface area (TPSA) is 76.1 Å². The lowest BCUT2D eigenvalue weighted by atomic mass is 9.98. The van der Waals surface area contributed by atoms with Crippen molar-refractivity contribution >= 4 is 11.9 Å². The van der Waals surface area contributed by atoms with Crippen molar-refractivity contribution in [3.8, 4) is 11.5 Å². The van der Waals surface area contributed by atoms with Gasteiger partial charge in [-0.15, -0.1) is 0 Å². The number of carboxylic acids is 1. The van der Waals surface area contributed by atoms with Crippen LogP contribution < -0.4 is 9.47 Å². The van der Waals surface area contributed by atoms with Crippen molar-refractivity contribution < 1.29 is 24.2 Å². The smallest absolute Gasteiger partial charge is 0.308 e. The number of carboxylic acid groups (broad SMARTS) is 1. The number of amides is 1.